The van der Waals surface area contributed by atoms with E-state index in [0.29, 0.717) is 13.3 Å². The number of hydrogen-bond acceptors (Lipinski definition) is 3. The van der Waals surface area contributed by atoms with Gasteiger partial charge in [0.15, 0.2) is 0 Å². The van der Waals surface area contributed by atoms with Crippen LogP contribution in [0.3, 0.4) is 0 Å². The quantitative estimate of drug-likeness (QED) is 0.575. The molecular weight excluding hydrogens is 118 g/mol. The van der Waals surface area contributed by atoms with Gasteiger partial charge in [0.25, 0.3) is 0 Å². The van der Waals surface area contributed by atoms with E-state index in [1.807, 2.05) is 6.92 Å². The third kappa shape index (κ3) is 1.81. The van der Waals surface area contributed by atoms with Crippen LogP contribution < -0.4 is 0 Å². The second kappa shape index (κ2) is 3.19. The highest BCUT2D eigenvalue weighted by atomic mass is 16.5. The molecule has 0 bridgehead atoms. The lowest BCUT2D eigenvalue weighted by atomic mass is 10.8. The fourth-order valence-corrected chi connectivity index (χ4v) is 0.449. The van der Waals surface area contributed by atoms with Crippen LogP contribution in [0.5, 0.6) is 0 Å². The number of hydrogen-bond donors (Lipinski definition) is 0. The molecule has 1 radical (unpaired) electrons. The van der Waals surface area contributed by atoms with Crippen LogP contribution in [-0.4, -0.2) is 21.6 Å². The third-order valence-electron chi connectivity index (χ3n) is 0.852. The molecule has 0 unspecified atom stereocenters. The topological polar surface area (TPSA) is 39.9 Å². The van der Waals surface area contributed by atoms with Gasteiger partial charge in [0, 0.05) is 6.61 Å². The molecule has 4 heteroatoms. The summed E-state index contributed by atoms with van der Waals surface area (Å²) in [6, 6.07) is 0. The highest BCUT2D eigenvalue weighted by Gasteiger charge is 1.86. The van der Waals surface area contributed by atoms with Crippen LogP contribution in [0.15, 0.2) is 6.20 Å². The molecule has 1 aromatic rings. The fourth-order valence-electron chi connectivity index (χ4n) is 0.449. The summed E-state index contributed by atoms with van der Waals surface area (Å²) in [6.45, 7) is 3.09. The summed E-state index contributed by atoms with van der Waals surface area (Å²) < 4.78 is 6.59. The molecule has 0 saturated heterocycles. The molecule has 49 valence electrons. The molecule has 1 rings (SSSR count). The normalized spacial score (nSPS) is 9.89. The first-order valence-corrected chi connectivity index (χ1v) is 2.77. The Balaban J connectivity index is 2.30. The van der Waals surface area contributed by atoms with E-state index in [2.05, 4.69) is 16.5 Å². The van der Waals surface area contributed by atoms with Crippen molar-refractivity contribution in [3.05, 3.63) is 12.4 Å². The van der Waals surface area contributed by atoms with Crippen LogP contribution in [0.25, 0.3) is 0 Å². The molecule has 0 atom stereocenters. The Kier molecular flexibility index (Phi) is 2.21. The van der Waals surface area contributed by atoms with Gasteiger partial charge in [0.05, 0.1) is 6.20 Å². The zero-order valence-electron chi connectivity index (χ0n) is 5.24. The van der Waals surface area contributed by atoms with Crippen molar-refractivity contribution in [2.24, 2.45) is 0 Å². The lowest BCUT2D eigenvalue weighted by Gasteiger charge is -1.96. The number of aromatic nitrogens is 3. The number of ether oxygens (including phenoxy) is 1. The van der Waals surface area contributed by atoms with Crippen LogP contribution in [0.4, 0.5) is 0 Å². The monoisotopic (exact) mass is 126 g/mol. The zero-order valence-corrected chi connectivity index (χ0v) is 5.24. The van der Waals surface area contributed by atoms with Gasteiger partial charge >= 0.3 is 0 Å². The Morgan fingerprint density at radius 3 is 3.22 bits per heavy atom. The molecule has 9 heavy (non-hydrogen) atoms. The first-order chi connectivity index (χ1) is 4.43. The fraction of sp³-hybridized carbons (Fsp3) is 0.600. The van der Waals surface area contributed by atoms with Gasteiger partial charge in [-0.1, -0.05) is 5.21 Å². The van der Waals surface area contributed by atoms with Gasteiger partial charge in [-0.15, -0.1) is 5.10 Å². The Bertz CT molecular complexity index is 149. The highest BCUT2D eigenvalue weighted by Crippen LogP contribution is 1.80. The van der Waals surface area contributed by atoms with Crippen molar-refractivity contribution in [1.82, 2.24) is 15.0 Å². The molecule has 1 heterocycles. The van der Waals surface area contributed by atoms with E-state index in [9.17, 15) is 0 Å². The van der Waals surface area contributed by atoms with Gasteiger partial charge in [-0.05, 0) is 6.92 Å². The van der Waals surface area contributed by atoms with Gasteiger partial charge in [-0.25, -0.2) is 4.68 Å². The van der Waals surface area contributed by atoms with Gasteiger partial charge in [-0.3, -0.25) is 0 Å². The maximum absolute atomic E-state index is 5.02. The highest BCUT2D eigenvalue weighted by molar-refractivity contribution is 4.58. The molecule has 0 aromatic carbocycles. The summed E-state index contributed by atoms with van der Waals surface area (Å²) in [5.41, 5.74) is 0. The Labute approximate surface area is 53.4 Å². The van der Waals surface area contributed by atoms with E-state index >= 15 is 0 Å². The van der Waals surface area contributed by atoms with E-state index in [-0.39, 0.29) is 0 Å². The minimum Gasteiger partial charge on any atom is -0.359 e. The van der Waals surface area contributed by atoms with E-state index in [1.165, 1.54) is 0 Å². The molecule has 0 aliphatic heterocycles. The smallest absolute Gasteiger partial charge is 0.141 e. The number of nitrogens with zero attached hydrogens (tertiary/aromatic N) is 3. The Hall–Kier alpha value is -0.900. The minimum atomic E-state index is 0.465. The molecule has 4 nitrogen and oxygen atoms in total. The van der Waals surface area contributed by atoms with Crippen molar-refractivity contribution in [1.29, 1.82) is 0 Å². The van der Waals surface area contributed by atoms with Crippen LogP contribution in [0, 0.1) is 6.20 Å². The van der Waals surface area contributed by atoms with Crippen molar-refractivity contribution in [2.45, 2.75) is 13.7 Å². The largest absolute Gasteiger partial charge is 0.359 e. The summed E-state index contributed by atoms with van der Waals surface area (Å²) >= 11 is 0. The summed E-state index contributed by atoms with van der Waals surface area (Å²) in [5.74, 6) is 0. The predicted octanol–water partition coefficient (Wildman–Crippen LogP) is 0.0723. The third-order valence-corrected chi connectivity index (χ3v) is 0.852. The molecule has 0 saturated carbocycles. The SMILES string of the molecule is CCOCn1c[c]nn1. The van der Waals surface area contributed by atoms with Crippen molar-refractivity contribution >= 4 is 0 Å². The van der Waals surface area contributed by atoms with E-state index in [4.69, 9.17) is 4.74 Å². The average molecular weight is 126 g/mol. The lowest BCUT2D eigenvalue weighted by molar-refractivity contribution is 0.0778. The maximum atomic E-state index is 5.02. The van der Waals surface area contributed by atoms with E-state index in [1.54, 1.807) is 10.9 Å². The maximum Gasteiger partial charge on any atom is 0.141 e. The summed E-state index contributed by atoms with van der Waals surface area (Å²) in [7, 11) is 0. The van der Waals surface area contributed by atoms with Crippen LogP contribution in [0.2, 0.25) is 0 Å². The molecule has 1 aromatic heterocycles. The van der Waals surface area contributed by atoms with E-state index in [0.717, 1.165) is 0 Å². The molecule has 0 aliphatic rings. The summed E-state index contributed by atoms with van der Waals surface area (Å²) in [5, 5.41) is 7.12. The molecule has 0 amide bonds. The Morgan fingerprint density at radius 2 is 2.67 bits per heavy atom. The van der Waals surface area contributed by atoms with Crippen LogP contribution in [0.1, 0.15) is 6.92 Å². The first-order valence-electron chi connectivity index (χ1n) is 2.77. The average Bonchev–Trinajstić information content (AvgIpc) is 2.34. The van der Waals surface area contributed by atoms with E-state index < -0.39 is 0 Å². The molecule has 0 spiro atoms. The number of rotatable bonds is 3. The van der Waals surface area contributed by atoms with Crippen LogP contribution >= 0.6 is 0 Å². The minimum absolute atomic E-state index is 0.465. The molecule has 0 fully saturated rings. The van der Waals surface area contributed by atoms with Crippen molar-refractivity contribution in [3.8, 4) is 0 Å². The van der Waals surface area contributed by atoms with Crippen molar-refractivity contribution in [3.63, 3.8) is 0 Å². The lowest BCUT2D eigenvalue weighted by Crippen LogP contribution is -2.02. The predicted molar refractivity (Wildman–Crippen MR) is 30.5 cm³/mol. The molecule has 0 N–H and O–H groups in total. The first kappa shape index (κ1) is 6.22. The zero-order chi connectivity index (χ0) is 6.53. The Morgan fingerprint density at radius 1 is 1.78 bits per heavy atom. The van der Waals surface area contributed by atoms with Gasteiger partial charge in [0.2, 0.25) is 0 Å². The standard InChI is InChI=1S/C5H8N3O/c1-2-9-5-8-4-3-6-7-8/h4H,2,5H2,1H3. The summed E-state index contributed by atoms with van der Waals surface area (Å²) in [4.78, 5) is 0. The van der Waals surface area contributed by atoms with Crippen LogP contribution in [-0.2, 0) is 11.5 Å². The molecular formula is C5H8N3O. The van der Waals surface area contributed by atoms with Gasteiger partial charge < -0.3 is 4.74 Å². The van der Waals surface area contributed by atoms with Crippen molar-refractivity contribution in [2.75, 3.05) is 6.61 Å². The van der Waals surface area contributed by atoms with Gasteiger partial charge in [0.1, 0.15) is 12.9 Å². The molecule has 0 aliphatic carbocycles. The summed E-state index contributed by atoms with van der Waals surface area (Å²) in [6.07, 6.45) is 4.20. The van der Waals surface area contributed by atoms with Gasteiger partial charge in [-0.2, -0.15) is 0 Å². The van der Waals surface area contributed by atoms with Crippen molar-refractivity contribution < 1.29 is 4.74 Å². The second-order valence-electron chi connectivity index (χ2n) is 1.51. The second-order valence-corrected chi connectivity index (χ2v) is 1.51.